The van der Waals surface area contributed by atoms with Gasteiger partial charge in [0, 0.05) is 16.6 Å². The highest BCUT2D eigenvalue weighted by molar-refractivity contribution is 8.00. The maximum Gasteiger partial charge on any atom is 0.236 e. The van der Waals surface area contributed by atoms with E-state index in [1.165, 1.54) is 28.7 Å². The average molecular weight is 412 g/mol. The minimum Gasteiger partial charge on any atom is -0.325 e. The summed E-state index contributed by atoms with van der Waals surface area (Å²) in [4.78, 5) is 28.5. The minimum absolute atomic E-state index is 0.127. The van der Waals surface area contributed by atoms with Gasteiger partial charge < -0.3 is 10.6 Å². The molecular weight excluding hydrogens is 390 g/mol. The molecule has 0 aliphatic carbocycles. The van der Waals surface area contributed by atoms with Crippen LogP contribution in [0.3, 0.4) is 0 Å². The van der Waals surface area contributed by atoms with Crippen molar-refractivity contribution in [3.8, 4) is 11.3 Å². The van der Waals surface area contributed by atoms with Crippen LogP contribution in [-0.2, 0) is 9.59 Å². The number of benzene rings is 2. The Morgan fingerprint density at radius 2 is 1.46 bits per heavy atom. The summed E-state index contributed by atoms with van der Waals surface area (Å²) in [5.41, 5.74) is 4.94. The summed E-state index contributed by atoms with van der Waals surface area (Å²) in [6.45, 7) is 4.03. The predicted molar refractivity (Wildman–Crippen MR) is 118 cm³/mol. The van der Waals surface area contributed by atoms with Crippen LogP contribution in [-0.4, -0.2) is 28.3 Å². The van der Waals surface area contributed by atoms with Crippen LogP contribution in [0.5, 0.6) is 0 Å². The highest BCUT2D eigenvalue weighted by atomic mass is 32.2. The van der Waals surface area contributed by atoms with Crippen molar-refractivity contribution in [3.63, 3.8) is 0 Å². The number of thiazole rings is 1. The van der Waals surface area contributed by atoms with Gasteiger partial charge in [-0.1, -0.05) is 47.5 Å². The molecule has 144 valence electrons. The third-order valence-electron chi connectivity index (χ3n) is 3.90. The van der Waals surface area contributed by atoms with Crippen molar-refractivity contribution in [3.05, 3.63) is 65.0 Å². The Balaban J connectivity index is 1.42. The van der Waals surface area contributed by atoms with E-state index in [9.17, 15) is 9.59 Å². The molecular formula is C21H21N3O2S2. The van der Waals surface area contributed by atoms with E-state index in [1.807, 2.05) is 67.8 Å². The van der Waals surface area contributed by atoms with Gasteiger partial charge >= 0.3 is 0 Å². The molecule has 2 aromatic carbocycles. The van der Waals surface area contributed by atoms with Crippen molar-refractivity contribution in [1.82, 2.24) is 4.98 Å². The van der Waals surface area contributed by atoms with Crippen LogP contribution in [0.2, 0.25) is 0 Å². The first-order chi connectivity index (χ1) is 13.5. The summed E-state index contributed by atoms with van der Waals surface area (Å²) in [6.07, 6.45) is 0. The minimum atomic E-state index is -0.169. The Labute approximate surface area is 172 Å². The van der Waals surface area contributed by atoms with Crippen LogP contribution in [0.4, 0.5) is 10.8 Å². The molecule has 5 nitrogen and oxygen atoms in total. The average Bonchev–Trinajstić information content (AvgIpc) is 3.12. The molecule has 2 amide bonds. The predicted octanol–water partition coefficient (Wildman–Crippen LogP) is 4.74. The number of hydrogen-bond acceptors (Lipinski definition) is 5. The number of amides is 2. The largest absolute Gasteiger partial charge is 0.325 e. The third kappa shape index (κ3) is 5.94. The van der Waals surface area contributed by atoms with Gasteiger partial charge in [0.2, 0.25) is 11.8 Å². The number of aromatic nitrogens is 1. The zero-order valence-electron chi connectivity index (χ0n) is 15.7. The molecule has 0 atom stereocenters. The van der Waals surface area contributed by atoms with E-state index in [-0.39, 0.29) is 23.3 Å². The quantitative estimate of drug-likeness (QED) is 0.589. The summed E-state index contributed by atoms with van der Waals surface area (Å²) < 4.78 is 0. The number of nitrogens with zero attached hydrogens (tertiary/aromatic N) is 1. The lowest BCUT2D eigenvalue weighted by Gasteiger charge is -2.05. The number of aryl methyl sites for hydroxylation is 2. The van der Waals surface area contributed by atoms with Gasteiger partial charge in [-0.15, -0.1) is 23.1 Å². The van der Waals surface area contributed by atoms with Gasteiger partial charge in [-0.3, -0.25) is 9.59 Å². The molecule has 1 heterocycles. The summed E-state index contributed by atoms with van der Waals surface area (Å²) in [5, 5.41) is 8.08. The fourth-order valence-electron chi connectivity index (χ4n) is 2.41. The lowest BCUT2D eigenvalue weighted by Crippen LogP contribution is -2.18. The van der Waals surface area contributed by atoms with Gasteiger partial charge in [0.25, 0.3) is 0 Å². The second kappa shape index (κ2) is 9.52. The first-order valence-corrected chi connectivity index (χ1v) is 10.8. The maximum absolute atomic E-state index is 12.1. The molecule has 0 saturated heterocycles. The Bertz CT molecular complexity index is 951. The summed E-state index contributed by atoms with van der Waals surface area (Å²) >= 11 is 2.66. The lowest BCUT2D eigenvalue weighted by atomic mass is 10.1. The van der Waals surface area contributed by atoms with Gasteiger partial charge in [0.15, 0.2) is 5.13 Å². The van der Waals surface area contributed by atoms with Crippen LogP contribution in [0.15, 0.2) is 53.9 Å². The van der Waals surface area contributed by atoms with Gasteiger partial charge in [0.05, 0.1) is 17.2 Å². The zero-order valence-corrected chi connectivity index (χ0v) is 17.3. The van der Waals surface area contributed by atoms with Crippen molar-refractivity contribution in [2.24, 2.45) is 0 Å². The summed E-state index contributed by atoms with van der Waals surface area (Å²) in [7, 11) is 0. The van der Waals surface area contributed by atoms with Crippen molar-refractivity contribution in [2.45, 2.75) is 13.8 Å². The molecule has 0 bridgehead atoms. The van der Waals surface area contributed by atoms with E-state index >= 15 is 0 Å². The standard InChI is InChI=1S/C21H21N3O2S2/c1-14-3-7-16(8-4-14)18-11-28-21(23-18)24-20(26)13-27-12-19(25)22-17-9-5-15(2)6-10-17/h3-11H,12-13H2,1-2H3,(H,22,25)(H,23,24,26). The van der Waals surface area contributed by atoms with E-state index < -0.39 is 0 Å². The molecule has 0 unspecified atom stereocenters. The number of anilines is 2. The fraction of sp³-hybridized carbons (Fsp3) is 0.190. The summed E-state index contributed by atoms with van der Waals surface area (Å²) in [6, 6.07) is 15.7. The zero-order chi connectivity index (χ0) is 19.9. The molecule has 7 heteroatoms. The topological polar surface area (TPSA) is 71.1 Å². The van der Waals surface area contributed by atoms with Crippen LogP contribution >= 0.6 is 23.1 Å². The molecule has 28 heavy (non-hydrogen) atoms. The van der Waals surface area contributed by atoms with E-state index in [0.29, 0.717) is 5.13 Å². The molecule has 0 spiro atoms. The molecule has 0 saturated carbocycles. The van der Waals surface area contributed by atoms with Gasteiger partial charge in [-0.05, 0) is 26.0 Å². The number of thioether (sulfide) groups is 1. The smallest absolute Gasteiger partial charge is 0.236 e. The highest BCUT2D eigenvalue weighted by Crippen LogP contribution is 2.25. The van der Waals surface area contributed by atoms with Gasteiger partial charge in [-0.25, -0.2) is 4.98 Å². The monoisotopic (exact) mass is 411 g/mol. The third-order valence-corrected chi connectivity index (χ3v) is 5.59. The number of nitrogens with one attached hydrogen (secondary N) is 2. The van der Waals surface area contributed by atoms with Crippen molar-refractivity contribution in [2.75, 3.05) is 22.1 Å². The Morgan fingerprint density at radius 1 is 0.893 bits per heavy atom. The van der Waals surface area contributed by atoms with E-state index in [2.05, 4.69) is 15.6 Å². The number of rotatable bonds is 7. The number of carbonyl (C=O) groups is 2. The molecule has 2 N–H and O–H groups in total. The normalized spacial score (nSPS) is 10.5. The molecule has 0 aliphatic rings. The lowest BCUT2D eigenvalue weighted by molar-refractivity contribution is -0.114. The Morgan fingerprint density at radius 3 is 2.11 bits per heavy atom. The highest BCUT2D eigenvalue weighted by Gasteiger charge is 2.10. The van der Waals surface area contributed by atoms with Crippen LogP contribution < -0.4 is 10.6 Å². The summed E-state index contributed by atoms with van der Waals surface area (Å²) in [5.74, 6) is 0.115. The molecule has 0 radical (unpaired) electrons. The Kier molecular flexibility index (Phi) is 6.84. The molecule has 0 fully saturated rings. The number of hydrogen-bond donors (Lipinski definition) is 2. The second-order valence-corrected chi connectivity index (χ2v) is 8.20. The van der Waals surface area contributed by atoms with E-state index in [1.54, 1.807) is 0 Å². The molecule has 3 aromatic rings. The molecule has 3 rings (SSSR count). The molecule has 1 aromatic heterocycles. The van der Waals surface area contributed by atoms with Crippen LogP contribution in [0, 0.1) is 13.8 Å². The first kappa shape index (κ1) is 20.1. The van der Waals surface area contributed by atoms with E-state index in [4.69, 9.17) is 0 Å². The van der Waals surface area contributed by atoms with E-state index in [0.717, 1.165) is 22.5 Å². The molecule has 0 aliphatic heterocycles. The fourth-order valence-corrected chi connectivity index (χ4v) is 3.77. The van der Waals surface area contributed by atoms with Crippen LogP contribution in [0.1, 0.15) is 11.1 Å². The van der Waals surface area contributed by atoms with Crippen molar-refractivity contribution >= 4 is 45.7 Å². The van der Waals surface area contributed by atoms with Gasteiger partial charge in [-0.2, -0.15) is 0 Å². The Hall–Kier alpha value is -2.64. The van der Waals surface area contributed by atoms with Crippen molar-refractivity contribution in [1.29, 1.82) is 0 Å². The second-order valence-electron chi connectivity index (χ2n) is 6.36. The van der Waals surface area contributed by atoms with Gasteiger partial charge in [0.1, 0.15) is 0 Å². The van der Waals surface area contributed by atoms with Crippen molar-refractivity contribution < 1.29 is 9.59 Å². The first-order valence-electron chi connectivity index (χ1n) is 8.76. The SMILES string of the molecule is Cc1ccc(NC(=O)CSCC(=O)Nc2nc(-c3ccc(C)cc3)cs2)cc1. The number of carbonyl (C=O) groups excluding carboxylic acids is 2. The van der Waals surface area contributed by atoms with Crippen LogP contribution in [0.25, 0.3) is 11.3 Å². The maximum atomic E-state index is 12.1.